The zero-order chi connectivity index (χ0) is 11.7. The Morgan fingerprint density at radius 3 is 2.35 bits per heavy atom. The number of benzene rings is 1. The van der Waals surface area contributed by atoms with Gasteiger partial charge in [0.2, 0.25) is 0 Å². The van der Waals surface area contributed by atoms with Crippen LogP contribution in [0, 0.1) is 15.4 Å². The van der Waals surface area contributed by atoms with Crippen molar-refractivity contribution in [2.45, 2.75) is 22.6 Å². The molecule has 6 atom stereocenters. The highest BCUT2D eigenvalue weighted by molar-refractivity contribution is 14.1. The fraction of sp³-hybridized carbons (Fsp3) is 0.429. The van der Waals surface area contributed by atoms with Crippen molar-refractivity contribution in [3.05, 3.63) is 45.0 Å². The molecule has 1 saturated carbocycles. The summed E-state index contributed by atoms with van der Waals surface area (Å²) in [4.78, 5) is 0. The molecular formula is C14H11Cl2I. The summed E-state index contributed by atoms with van der Waals surface area (Å²) in [6, 6.07) is 6.62. The summed E-state index contributed by atoms with van der Waals surface area (Å²) in [5, 5.41) is 0.286. The molecule has 0 spiro atoms. The van der Waals surface area contributed by atoms with E-state index < -0.39 is 0 Å². The first kappa shape index (κ1) is 11.1. The molecule has 0 N–H and O–H groups in total. The van der Waals surface area contributed by atoms with E-state index >= 15 is 0 Å². The Kier molecular flexibility index (Phi) is 2.38. The smallest absolute Gasteiger partial charge is 0.0543 e. The summed E-state index contributed by atoms with van der Waals surface area (Å²) in [6.45, 7) is 0. The monoisotopic (exact) mass is 376 g/mol. The van der Waals surface area contributed by atoms with E-state index in [0.717, 1.165) is 0 Å². The predicted octanol–water partition coefficient (Wildman–Crippen LogP) is 4.50. The third-order valence-corrected chi connectivity index (χ3v) is 6.81. The number of hydrogen-bond donors (Lipinski definition) is 0. The van der Waals surface area contributed by atoms with Crippen LogP contribution >= 0.6 is 45.8 Å². The Labute approximate surface area is 125 Å². The van der Waals surface area contributed by atoms with Gasteiger partial charge in [-0.3, -0.25) is 0 Å². The van der Waals surface area contributed by atoms with Crippen LogP contribution < -0.4 is 0 Å². The lowest BCUT2D eigenvalue weighted by Gasteiger charge is -2.58. The van der Waals surface area contributed by atoms with Gasteiger partial charge in [0, 0.05) is 15.4 Å². The second kappa shape index (κ2) is 3.64. The van der Waals surface area contributed by atoms with E-state index in [2.05, 4.69) is 52.9 Å². The molecule has 1 aromatic rings. The Morgan fingerprint density at radius 2 is 1.59 bits per heavy atom. The third-order valence-electron chi connectivity index (χ3n) is 4.62. The molecule has 0 saturated heterocycles. The fourth-order valence-electron chi connectivity index (χ4n) is 3.87. The molecular weight excluding hydrogens is 366 g/mol. The number of rotatable bonds is 0. The van der Waals surface area contributed by atoms with E-state index in [9.17, 15) is 0 Å². The molecule has 5 rings (SSSR count). The highest BCUT2D eigenvalue weighted by Crippen LogP contribution is 2.63. The predicted molar refractivity (Wildman–Crippen MR) is 80.0 cm³/mol. The van der Waals surface area contributed by atoms with E-state index in [1.54, 1.807) is 0 Å². The Bertz CT molecular complexity index is 525. The second-order valence-electron chi connectivity index (χ2n) is 5.22. The minimum atomic E-state index is 0.142. The van der Waals surface area contributed by atoms with Crippen LogP contribution in [0.25, 0.3) is 0 Å². The van der Waals surface area contributed by atoms with Crippen molar-refractivity contribution in [3.63, 3.8) is 0 Å². The minimum Gasteiger partial charge on any atom is -0.121 e. The zero-order valence-corrected chi connectivity index (χ0v) is 12.7. The van der Waals surface area contributed by atoms with Crippen molar-refractivity contribution in [3.8, 4) is 0 Å². The maximum absolute atomic E-state index is 6.42. The van der Waals surface area contributed by atoms with Gasteiger partial charge in [-0.15, -0.1) is 23.2 Å². The SMILES string of the molecule is Cl[C@@H]1[C@H](Cl)[C@H]2[C@H]1[C@H]1C=C[C@H]2c2c(I)cccc21. The van der Waals surface area contributed by atoms with Crippen molar-refractivity contribution in [1.82, 2.24) is 0 Å². The van der Waals surface area contributed by atoms with Gasteiger partial charge in [-0.1, -0.05) is 24.3 Å². The molecule has 4 aliphatic carbocycles. The van der Waals surface area contributed by atoms with Gasteiger partial charge in [0.1, 0.15) is 0 Å². The molecule has 0 aromatic heterocycles. The summed E-state index contributed by atoms with van der Waals surface area (Å²) < 4.78 is 1.37. The highest BCUT2D eigenvalue weighted by Gasteiger charge is 2.59. The van der Waals surface area contributed by atoms with Gasteiger partial charge in [0.05, 0.1) is 10.8 Å². The van der Waals surface area contributed by atoms with Crippen molar-refractivity contribution < 1.29 is 0 Å². The van der Waals surface area contributed by atoms with Gasteiger partial charge in [-0.2, -0.15) is 0 Å². The first-order valence-electron chi connectivity index (χ1n) is 5.95. The topological polar surface area (TPSA) is 0 Å². The molecule has 4 aliphatic rings. The van der Waals surface area contributed by atoms with Crippen LogP contribution in [0.3, 0.4) is 0 Å². The molecule has 0 unspecified atom stereocenters. The largest absolute Gasteiger partial charge is 0.121 e. The van der Waals surface area contributed by atoms with Crippen LogP contribution in [0.2, 0.25) is 0 Å². The molecule has 0 nitrogen and oxygen atoms in total. The van der Waals surface area contributed by atoms with Gasteiger partial charge in [-0.05, 0) is 51.6 Å². The lowest BCUT2D eigenvalue weighted by molar-refractivity contribution is 0.129. The normalized spacial score (nSPS) is 45.1. The summed E-state index contributed by atoms with van der Waals surface area (Å²) in [6.07, 6.45) is 4.71. The van der Waals surface area contributed by atoms with Gasteiger partial charge < -0.3 is 0 Å². The van der Waals surface area contributed by atoms with E-state index in [1.165, 1.54) is 14.7 Å². The second-order valence-corrected chi connectivity index (χ2v) is 7.39. The first-order valence-corrected chi connectivity index (χ1v) is 7.90. The summed E-state index contributed by atoms with van der Waals surface area (Å²) in [5.74, 6) is 2.09. The zero-order valence-electron chi connectivity index (χ0n) is 8.98. The standard InChI is InChI=1S/C14H11Cl2I/c15-13-11-7-4-5-8(12(11)14(13)16)10-6(7)2-1-3-9(10)17/h1-5,7-8,11-14H/t7-,8-,11+,12+,13-,14+/m0/s1. The van der Waals surface area contributed by atoms with E-state index in [1.807, 2.05) is 0 Å². The molecule has 3 heteroatoms. The molecule has 1 fully saturated rings. The van der Waals surface area contributed by atoms with Crippen LogP contribution in [-0.4, -0.2) is 10.8 Å². The van der Waals surface area contributed by atoms with Crippen molar-refractivity contribution >= 4 is 45.8 Å². The summed E-state index contributed by atoms with van der Waals surface area (Å²) in [7, 11) is 0. The molecule has 88 valence electrons. The van der Waals surface area contributed by atoms with Crippen LogP contribution in [0.15, 0.2) is 30.4 Å². The van der Waals surface area contributed by atoms with Gasteiger partial charge in [0.25, 0.3) is 0 Å². The van der Waals surface area contributed by atoms with Crippen molar-refractivity contribution in [2.75, 3.05) is 0 Å². The lowest BCUT2D eigenvalue weighted by Crippen LogP contribution is -2.57. The maximum atomic E-state index is 6.42. The molecule has 1 aromatic carbocycles. The van der Waals surface area contributed by atoms with Gasteiger partial charge in [-0.25, -0.2) is 0 Å². The van der Waals surface area contributed by atoms with Crippen LogP contribution in [0.5, 0.6) is 0 Å². The number of alkyl halides is 2. The van der Waals surface area contributed by atoms with E-state index in [-0.39, 0.29) is 10.8 Å². The van der Waals surface area contributed by atoms with Crippen molar-refractivity contribution in [2.24, 2.45) is 11.8 Å². The Morgan fingerprint density at radius 1 is 0.941 bits per heavy atom. The molecule has 0 radical (unpaired) electrons. The average molecular weight is 377 g/mol. The molecule has 0 aliphatic heterocycles. The highest BCUT2D eigenvalue weighted by atomic mass is 127. The Hall–Kier alpha value is 0.270. The minimum absolute atomic E-state index is 0.142. The van der Waals surface area contributed by atoms with Crippen LogP contribution in [0.4, 0.5) is 0 Å². The van der Waals surface area contributed by atoms with E-state index in [0.29, 0.717) is 23.7 Å². The first-order chi connectivity index (χ1) is 8.20. The Balaban J connectivity index is 1.93. The number of halogens is 3. The number of allylic oxidation sites excluding steroid dienone is 2. The maximum Gasteiger partial charge on any atom is 0.0543 e. The van der Waals surface area contributed by atoms with Gasteiger partial charge in [0.15, 0.2) is 0 Å². The molecule has 2 bridgehead atoms. The van der Waals surface area contributed by atoms with E-state index in [4.69, 9.17) is 23.2 Å². The van der Waals surface area contributed by atoms with Crippen molar-refractivity contribution in [1.29, 1.82) is 0 Å². The molecule has 0 amide bonds. The number of hydrogen-bond acceptors (Lipinski definition) is 0. The third kappa shape index (κ3) is 1.26. The lowest BCUT2D eigenvalue weighted by atomic mass is 9.51. The average Bonchev–Trinajstić information content (AvgIpc) is 2.37. The summed E-state index contributed by atoms with van der Waals surface area (Å²) >= 11 is 15.3. The van der Waals surface area contributed by atoms with Crippen LogP contribution in [0.1, 0.15) is 23.0 Å². The molecule has 17 heavy (non-hydrogen) atoms. The summed E-state index contributed by atoms with van der Waals surface area (Å²) in [5.41, 5.74) is 3.00. The molecule has 0 heterocycles. The quantitative estimate of drug-likeness (QED) is 0.355. The van der Waals surface area contributed by atoms with Crippen LogP contribution in [-0.2, 0) is 0 Å². The van der Waals surface area contributed by atoms with Gasteiger partial charge >= 0.3 is 0 Å². The fourth-order valence-corrected chi connectivity index (χ4v) is 5.73.